The number of thiophene rings is 1. The van der Waals surface area contributed by atoms with Crippen molar-refractivity contribution in [2.75, 3.05) is 19.6 Å². The van der Waals surface area contributed by atoms with Gasteiger partial charge < -0.3 is 10.2 Å². The molecule has 0 saturated carbocycles. The van der Waals surface area contributed by atoms with Gasteiger partial charge in [-0.15, -0.1) is 11.3 Å². The number of nitro groups is 1. The molecule has 5 rings (SSSR count). The molecule has 1 aromatic heterocycles. The molecule has 0 spiro atoms. The molecule has 1 amide bonds. The topological polar surface area (TPSA) is 75.5 Å². The van der Waals surface area contributed by atoms with E-state index in [9.17, 15) is 14.9 Å². The molecule has 3 aliphatic heterocycles. The lowest BCUT2D eigenvalue weighted by Crippen LogP contribution is -2.57. The smallest absolute Gasteiger partial charge is 0.270 e. The number of amides is 1. The standard InChI is InChI=1S/C17H19N3O3S/c1-10-13-8-12(20(22)23)2-3-15(13)24-16(10)17(21)18-14-9-19-6-4-11(14)5-7-19/h2-3,8,11,14H,4-7,9H2,1H3,(H,18,21)/t14-/m0/s1. The van der Waals surface area contributed by atoms with Gasteiger partial charge in [0.25, 0.3) is 11.6 Å². The van der Waals surface area contributed by atoms with E-state index in [1.165, 1.54) is 17.4 Å². The maximum absolute atomic E-state index is 12.7. The van der Waals surface area contributed by atoms with E-state index in [0.29, 0.717) is 10.8 Å². The van der Waals surface area contributed by atoms with Crippen LogP contribution in [0.3, 0.4) is 0 Å². The van der Waals surface area contributed by atoms with Crippen molar-refractivity contribution in [3.8, 4) is 0 Å². The van der Waals surface area contributed by atoms with E-state index in [4.69, 9.17) is 0 Å². The number of hydrogen-bond acceptors (Lipinski definition) is 5. The zero-order valence-corrected chi connectivity index (χ0v) is 14.3. The van der Waals surface area contributed by atoms with Gasteiger partial charge in [-0.25, -0.2) is 0 Å². The fourth-order valence-corrected chi connectivity index (χ4v) is 4.99. The Morgan fingerprint density at radius 2 is 2.12 bits per heavy atom. The number of nitro benzene ring substituents is 1. The second-order valence-electron chi connectivity index (χ2n) is 6.71. The third-order valence-electron chi connectivity index (χ3n) is 5.31. The van der Waals surface area contributed by atoms with Crippen LogP contribution < -0.4 is 5.32 Å². The first-order valence-electron chi connectivity index (χ1n) is 8.23. The number of nitrogens with one attached hydrogen (secondary N) is 1. The minimum absolute atomic E-state index is 0.0462. The highest BCUT2D eigenvalue weighted by Crippen LogP contribution is 2.34. The lowest BCUT2D eigenvalue weighted by Gasteiger charge is -2.44. The van der Waals surface area contributed by atoms with E-state index in [1.807, 2.05) is 6.92 Å². The Kier molecular flexibility index (Phi) is 3.77. The average molecular weight is 345 g/mol. The van der Waals surface area contributed by atoms with Gasteiger partial charge >= 0.3 is 0 Å². The summed E-state index contributed by atoms with van der Waals surface area (Å²) in [6, 6.07) is 5.01. The van der Waals surface area contributed by atoms with Crippen LogP contribution in [0.5, 0.6) is 0 Å². The van der Waals surface area contributed by atoms with Gasteiger partial charge in [-0.05, 0) is 50.4 Å². The van der Waals surface area contributed by atoms with Gasteiger partial charge in [0, 0.05) is 34.8 Å². The average Bonchev–Trinajstić information content (AvgIpc) is 2.92. The molecule has 2 aromatic rings. The molecule has 2 bridgehead atoms. The van der Waals surface area contributed by atoms with Crippen LogP contribution in [-0.4, -0.2) is 41.4 Å². The number of non-ortho nitro benzene ring substituents is 1. The van der Waals surface area contributed by atoms with Crippen molar-refractivity contribution in [2.45, 2.75) is 25.8 Å². The van der Waals surface area contributed by atoms with Crippen LogP contribution in [0.15, 0.2) is 18.2 Å². The molecule has 1 aromatic carbocycles. The minimum Gasteiger partial charge on any atom is -0.347 e. The highest BCUT2D eigenvalue weighted by molar-refractivity contribution is 7.21. The number of nitrogens with zero attached hydrogens (tertiary/aromatic N) is 2. The number of carbonyl (C=O) groups excluding carboxylic acids is 1. The van der Waals surface area contributed by atoms with Crippen LogP contribution in [-0.2, 0) is 0 Å². The molecule has 0 aliphatic carbocycles. The minimum atomic E-state index is -0.399. The Morgan fingerprint density at radius 1 is 1.38 bits per heavy atom. The normalized spacial score (nSPS) is 25.8. The molecule has 1 atom stereocenters. The van der Waals surface area contributed by atoms with Crippen molar-refractivity contribution in [1.82, 2.24) is 10.2 Å². The summed E-state index contributed by atoms with van der Waals surface area (Å²) in [5.74, 6) is 0.532. The molecule has 1 N–H and O–H groups in total. The molecule has 3 fully saturated rings. The summed E-state index contributed by atoms with van der Waals surface area (Å²) in [5, 5.41) is 15.0. The molecular formula is C17H19N3O3S. The summed E-state index contributed by atoms with van der Waals surface area (Å²) in [6.45, 7) is 5.09. The number of benzene rings is 1. The maximum Gasteiger partial charge on any atom is 0.270 e. The van der Waals surface area contributed by atoms with Gasteiger partial charge in [-0.1, -0.05) is 0 Å². The third-order valence-corrected chi connectivity index (χ3v) is 6.58. The summed E-state index contributed by atoms with van der Waals surface area (Å²) in [7, 11) is 0. The molecule has 0 radical (unpaired) electrons. The third kappa shape index (κ3) is 2.57. The van der Waals surface area contributed by atoms with Crippen molar-refractivity contribution in [2.24, 2.45) is 5.92 Å². The van der Waals surface area contributed by atoms with E-state index in [-0.39, 0.29) is 17.6 Å². The van der Waals surface area contributed by atoms with Crippen LogP contribution in [0.1, 0.15) is 28.1 Å². The molecule has 24 heavy (non-hydrogen) atoms. The molecule has 126 valence electrons. The Balaban J connectivity index is 1.60. The zero-order valence-electron chi connectivity index (χ0n) is 13.4. The maximum atomic E-state index is 12.7. The van der Waals surface area contributed by atoms with Gasteiger partial charge in [0.15, 0.2) is 0 Å². The van der Waals surface area contributed by atoms with E-state index in [1.54, 1.807) is 12.1 Å². The Hall–Kier alpha value is -1.99. The van der Waals surface area contributed by atoms with Crippen LogP contribution in [0.4, 0.5) is 5.69 Å². The van der Waals surface area contributed by atoms with Crippen molar-refractivity contribution >= 4 is 33.0 Å². The SMILES string of the molecule is Cc1c(C(=O)N[C@H]2CN3CCC2CC3)sc2ccc([N+](=O)[O-])cc12. The summed E-state index contributed by atoms with van der Waals surface area (Å²) in [5.41, 5.74) is 0.894. The largest absolute Gasteiger partial charge is 0.347 e. The van der Waals surface area contributed by atoms with Crippen molar-refractivity contribution in [3.63, 3.8) is 0 Å². The van der Waals surface area contributed by atoms with Crippen molar-refractivity contribution in [1.29, 1.82) is 0 Å². The molecule has 7 heteroatoms. The van der Waals surface area contributed by atoms with E-state index in [0.717, 1.165) is 48.1 Å². The van der Waals surface area contributed by atoms with Crippen molar-refractivity contribution in [3.05, 3.63) is 38.8 Å². The van der Waals surface area contributed by atoms with Gasteiger partial charge in [-0.3, -0.25) is 14.9 Å². The van der Waals surface area contributed by atoms with Gasteiger partial charge in [0.05, 0.1) is 9.80 Å². The number of aryl methyl sites for hydroxylation is 1. The first-order valence-corrected chi connectivity index (χ1v) is 9.05. The predicted molar refractivity (Wildman–Crippen MR) is 93.6 cm³/mol. The van der Waals surface area contributed by atoms with Crippen LogP contribution in [0.2, 0.25) is 0 Å². The fraction of sp³-hybridized carbons (Fsp3) is 0.471. The molecule has 3 aliphatic rings. The highest BCUT2D eigenvalue weighted by atomic mass is 32.1. The van der Waals surface area contributed by atoms with Crippen LogP contribution in [0, 0.1) is 23.0 Å². The van der Waals surface area contributed by atoms with Gasteiger partial charge in [0.2, 0.25) is 0 Å². The fourth-order valence-electron chi connectivity index (χ4n) is 3.90. The monoisotopic (exact) mass is 345 g/mol. The molecule has 0 unspecified atom stereocenters. The lowest BCUT2D eigenvalue weighted by molar-refractivity contribution is -0.384. The van der Waals surface area contributed by atoms with E-state index in [2.05, 4.69) is 10.2 Å². The van der Waals surface area contributed by atoms with Crippen LogP contribution in [0.25, 0.3) is 10.1 Å². The second kappa shape index (κ2) is 5.82. The Labute approximate surface area is 143 Å². The second-order valence-corrected chi connectivity index (χ2v) is 7.76. The summed E-state index contributed by atoms with van der Waals surface area (Å²) in [4.78, 5) is 26.4. The highest BCUT2D eigenvalue weighted by Gasteiger charge is 2.35. The number of carbonyl (C=O) groups is 1. The lowest BCUT2D eigenvalue weighted by atomic mass is 9.84. The predicted octanol–water partition coefficient (Wildman–Crippen LogP) is 2.94. The molecule has 3 saturated heterocycles. The summed E-state index contributed by atoms with van der Waals surface area (Å²) < 4.78 is 0.914. The van der Waals surface area contributed by atoms with E-state index >= 15 is 0 Å². The zero-order chi connectivity index (χ0) is 16.8. The Morgan fingerprint density at radius 3 is 2.75 bits per heavy atom. The molecule has 6 nitrogen and oxygen atoms in total. The number of hydrogen-bond donors (Lipinski definition) is 1. The Bertz CT molecular complexity index is 824. The summed E-state index contributed by atoms with van der Waals surface area (Å²) in [6.07, 6.45) is 2.31. The first-order chi connectivity index (χ1) is 11.5. The van der Waals surface area contributed by atoms with E-state index < -0.39 is 4.92 Å². The van der Waals surface area contributed by atoms with Crippen molar-refractivity contribution < 1.29 is 9.72 Å². The van der Waals surface area contributed by atoms with Gasteiger partial charge in [0.1, 0.15) is 0 Å². The summed E-state index contributed by atoms with van der Waals surface area (Å²) >= 11 is 1.41. The first kappa shape index (κ1) is 15.5. The van der Waals surface area contributed by atoms with Gasteiger partial charge in [-0.2, -0.15) is 0 Å². The number of rotatable bonds is 3. The molecule has 4 heterocycles. The quantitative estimate of drug-likeness (QED) is 0.685. The van der Waals surface area contributed by atoms with Crippen LogP contribution >= 0.6 is 11.3 Å². The number of piperidine rings is 3. The number of fused-ring (bicyclic) bond motifs is 4. The molecular weight excluding hydrogens is 326 g/mol.